The molecule has 0 aromatic rings. The van der Waals surface area contributed by atoms with E-state index >= 15 is 0 Å². The molecule has 4 N–H and O–H groups in total. The molecule has 0 heterocycles. The van der Waals surface area contributed by atoms with Crippen molar-refractivity contribution >= 4 is 15.4 Å². The van der Waals surface area contributed by atoms with E-state index in [4.69, 9.17) is 10.5 Å². The molecule has 0 rings (SSSR count). The first-order valence-electron chi connectivity index (χ1n) is 1.32. The molecule has 0 aromatic carbocycles. The highest BCUT2D eigenvalue weighted by Gasteiger charge is 1.67. The molecule has 0 saturated carbocycles. The quantitative estimate of drug-likeness (QED) is 0.361. The van der Waals surface area contributed by atoms with Crippen LogP contribution in [0.2, 0.25) is 0 Å². The molecule has 0 amide bonds. The van der Waals surface area contributed by atoms with Crippen molar-refractivity contribution in [3.05, 3.63) is 0 Å². The molecule has 0 saturated heterocycles. The molecule has 0 atom stereocenters. The predicted molar refractivity (Wildman–Crippen MR) is 20.4 cm³/mol. The normalized spacial score (nSPS) is 6.50. The van der Waals surface area contributed by atoms with E-state index in [-0.39, 0.29) is 15.4 Å². The molecule has 0 aliphatic rings. The largest absolute Gasteiger partial charge is 0.415 e. The summed E-state index contributed by atoms with van der Waals surface area (Å²) < 4.78 is 5.04. The Morgan fingerprint density at radius 2 is 2.00 bits per heavy atom. The topological polar surface area (TPSA) is 52.0 Å². The van der Waals surface area contributed by atoms with Gasteiger partial charge in [0.2, 0.25) is 0 Å². The maximum absolute atomic E-state index is 5.04. The van der Waals surface area contributed by atoms with Crippen molar-refractivity contribution in [3.8, 4) is 0 Å². The minimum atomic E-state index is -0.298. The van der Waals surface area contributed by atoms with Gasteiger partial charge in [0.25, 0.3) is 0 Å². The zero-order valence-electron chi connectivity index (χ0n) is 2.57. The van der Waals surface area contributed by atoms with Crippen molar-refractivity contribution in [1.29, 1.82) is 0 Å². The van der Waals surface area contributed by atoms with Gasteiger partial charge in [-0.15, -0.1) is 0 Å². The van der Waals surface area contributed by atoms with Crippen molar-refractivity contribution in [2.45, 2.75) is 0 Å². The number of rotatable bonds is 1. The number of nitrogens with two attached hydrogens (primary N) is 2. The first-order chi connectivity index (χ1) is 1.91. The van der Waals surface area contributed by atoms with Crippen LogP contribution in [0, 0.1) is 0 Å². The van der Waals surface area contributed by atoms with Gasteiger partial charge in [0, 0.05) is 0 Å². The molecule has 0 aromatic heterocycles. The molecule has 0 unspecified atom stereocenters. The van der Waals surface area contributed by atoms with Crippen molar-refractivity contribution in [2.75, 3.05) is 5.41 Å². The highest BCUT2D eigenvalue weighted by molar-refractivity contribution is 6.30. The highest BCUT2D eigenvalue weighted by atomic mass is 27.1. The zero-order valence-corrected chi connectivity index (χ0v) is 3.98. The monoisotopic (exact) mass is 74.0 g/mol. The van der Waals surface area contributed by atoms with Gasteiger partial charge in [-0.2, -0.15) is 0 Å². The van der Waals surface area contributed by atoms with Crippen LogP contribution in [-0.4, -0.2) is 20.8 Å². The average Bonchev–Trinajstić information content (AvgIpc) is 1.37. The molecular formula is CH7AlN2. The Bertz CT molecular complexity index is 8.00. The minimum absolute atomic E-state index is 0.298. The Labute approximate surface area is 32.1 Å². The Morgan fingerprint density at radius 1 is 1.75 bits per heavy atom. The fraction of sp³-hybridized carbons (Fsp3) is 1.00. The van der Waals surface area contributed by atoms with Crippen molar-refractivity contribution in [1.82, 2.24) is 0 Å². The Morgan fingerprint density at radius 3 is 2.00 bits per heavy atom. The maximum Gasteiger partial charge on any atom is 0.356 e. The lowest BCUT2D eigenvalue weighted by Crippen LogP contribution is -2.17. The second-order valence-corrected chi connectivity index (χ2v) is 1.73. The van der Waals surface area contributed by atoms with Crippen molar-refractivity contribution < 1.29 is 0 Å². The van der Waals surface area contributed by atoms with Gasteiger partial charge in [-0.05, 0) is 5.41 Å². The fourth-order valence-corrected chi connectivity index (χ4v) is 0. The third kappa shape index (κ3) is 2.45. The molecule has 0 spiro atoms. The van der Waals surface area contributed by atoms with Crippen LogP contribution in [0.15, 0.2) is 0 Å². The second kappa shape index (κ2) is 3.45. The fourth-order valence-electron chi connectivity index (χ4n) is 0. The van der Waals surface area contributed by atoms with Gasteiger partial charge in [0.05, 0.1) is 0 Å². The van der Waals surface area contributed by atoms with Crippen LogP contribution in [0.1, 0.15) is 0 Å². The molecule has 4 heavy (non-hydrogen) atoms. The summed E-state index contributed by atoms with van der Waals surface area (Å²) in [4.78, 5) is 0. The van der Waals surface area contributed by atoms with Crippen LogP contribution in [0.25, 0.3) is 0 Å². The third-order valence-electron chi connectivity index (χ3n) is 0.167. The van der Waals surface area contributed by atoms with Crippen LogP contribution >= 0.6 is 0 Å². The Hall–Kier alpha value is 0.452. The van der Waals surface area contributed by atoms with Crippen LogP contribution in [0.3, 0.4) is 0 Å². The summed E-state index contributed by atoms with van der Waals surface area (Å²) in [6, 6.07) is 0. The van der Waals surface area contributed by atoms with Crippen molar-refractivity contribution in [3.63, 3.8) is 0 Å². The van der Waals surface area contributed by atoms with E-state index in [0.29, 0.717) is 0 Å². The van der Waals surface area contributed by atoms with E-state index in [1.54, 1.807) is 0 Å². The SMILES string of the molecule is N[CH2][AlH][NH2]. The molecule has 0 aliphatic heterocycles. The zero-order chi connectivity index (χ0) is 3.41. The van der Waals surface area contributed by atoms with E-state index in [9.17, 15) is 0 Å². The summed E-state index contributed by atoms with van der Waals surface area (Å²) in [6.07, 6.45) is 0. The lowest BCUT2D eigenvalue weighted by Gasteiger charge is -1.64. The lowest BCUT2D eigenvalue weighted by atomic mass is 11.5. The summed E-state index contributed by atoms with van der Waals surface area (Å²) in [6.45, 7) is 0. The summed E-state index contributed by atoms with van der Waals surface area (Å²) >= 11 is -0.298. The molecule has 0 fully saturated rings. The summed E-state index contributed by atoms with van der Waals surface area (Å²) in [5, 5.41) is 0.736. The molecule has 0 radical (unpaired) electrons. The van der Waals surface area contributed by atoms with Crippen LogP contribution in [0.4, 0.5) is 0 Å². The lowest BCUT2D eigenvalue weighted by molar-refractivity contribution is 1.35. The molecular weight excluding hydrogens is 67.0 g/mol. The first-order valence-corrected chi connectivity index (χ1v) is 3.13. The van der Waals surface area contributed by atoms with Crippen molar-refractivity contribution in [2.24, 2.45) is 10.5 Å². The van der Waals surface area contributed by atoms with Gasteiger partial charge in [0.15, 0.2) is 0 Å². The van der Waals surface area contributed by atoms with E-state index < -0.39 is 0 Å². The van der Waals surface area contributed by atoms with E-state index in [0.717, 1.165) is 5.41 Å². The van der Waals surface area contributed by atoms with Crippen LogP contribution in [-0.2, 0) is 0 Å². The van der Waals surface area contributed by atoms with Gasteiger partial charge in [0.1, 0.15) is 0 Å². The standard InChI is InChI=1S/CH4N.Al.H2N.H/c1-2;;;/h1-2H2;;1H2;/q;+1;-1;. The molecule has 2 nitrogen and oxygen atoms in total. The summed E-state index contributed by atoms with van der Waals surface area (Å²) in [5.41, 5.74) is 4.96. The molecule has 0 bridgehead atoms. The third-order valence-corrected chi connectivity index (χ3v) is 0.500. The minimum Gasteiger partial charge on any atom is -0.415 e. The van der Waals surface area contributed by atoms with Gasteiger partial charge in [-0.3, -0.25) is 0 Å². The molecule has 24 valence electrons. The van der Waals surface area contributed by atoms with Gasteiger partial charge in [-0.1, -0.05) is 0 Å². The highest BCUT2D eigenvalue weighted by Crippen LogP contribution is 1.17. The van der Waals surface area contributed by atoms with Gasteiger partial charge < -0.3 is 10.5 Å². The summed E-state index contributed by atoms with van der Waals surface area (Å²) in [7, 11) is 0. The van der Waals surface area contributed by atoms with Gasteiger partial charge in [-0.25, -0.2) is 0 Å². The Balaban J connectivity index is 1.97. The van der Waals surface area contributed by atoms with E-state index in [1.807, 2.05) is 0 Å². The average molecular weight is 74.1 g/mol. The number of hydrogen-bond donors (Lipinski definition) is 2. The van der Waals surface area contributed by atoms with Gasteiger partial charge >= 0.3 is 15.4 Å². The van der Waals surface area contributed by atoms with E-state index in [2.05, 4.69) is 0 Å². The smallest absolute Gasteiger partial charge is 0.356 e. The summed E-state index contributed by atoms with van der Waals surface area (Å²) in [5.74, 6) is 0. The first kappa shape index (κ1) is 4.45. The molecule has 3 heteroatoms. The maximum atomic E-state index is 5.04. The van der Waals surface area contributed by atoms with E-state index in [1.165, 1.54) is 0 Å². The van der Waals surface area contributed by atoms with Crippen LogP contribution in [0.5, 0.6) is 0 Å². The molecule has 0 aliphatic carbocycles. The Kier molecular flexibility index (Phi) is 3.84. The van der Waals surface area contributed by atoms with Crippen LogP contribution < -0.4 is 10.5 Å². The number of hydrogen-bond acceptors (Lipinski definition) is 2. The predicted octanol–water partition coefficient (Wildman–Crippen LogP) is -1.79. The second-order valence-electron chi connectivity index (χ2n) is 0.577.